The van der Waals surface area contributed by atoms with E-state index in [1.54, 1.807) is 23.3 Å². The van der Waals surface area contributed by atoms with Crippen molar-refractivity contribution in [3.63, 3.8) is 0 Å². The zero-order valence-corrected chi connectivity index (χ0v) is 8.98. The number of aromatic nitrogens is 3. The summed E-state index contributed by atoms with van der Waals surface area (Å²) in [5, 5.41) is 4.15. The molecule has 0 aromatic carbocycles. The third-order valence-corrected chi connectivity index (χ3v) is 2.24. The molecule has 0 fully saturated rings. The molecule has 2 aromatic rings. The number of pyridine rings is 1. The van der Waals surface area contributed by atoms with Gasteiger partial charge in [-0.05, 0) is 27.6 Å². The van der Waals surface area contributed by atoms with Crippen molar-refractivity contribution in [2.24, 2.45) is 5.73 Å². The molecular weight excluding hydrogens is 244 g/mol. The molecule has 0 aliphatic rings. The summed E-state index contributed by atoms with van der Waals surface area (Å²) in [6.45, 7) is 0.489. The van der Waals surface area contributed by atoms with Gasteiger partial charge in [-0.15, -0.1) is 0 Å². The maximum atomic E-state index is 5.52. The number of hydrogen-bond donors (Lipinski definition) is 1. The van der Waals surface area contributed by atoms with E-state index in [0.29, 0.717) is 6.54 Å². The zero-order chi connectivity index (χ0) is 9.97. The van der Waals surface area contributed by atoms with Gasteiger partial charge in [-0.1, -0.05) is 0 Å². The Labute approximate surface area is 89.9 Å². The van der Waals surface area contributed by atoms with Crippen LogP contribution in [-0.2, 0) is 6.54 Å². The lowest BCUT2D eigenvalue weighted by molar-refractivity contribution is 0.867. The van der Waals surface area contributed by atoms with Crippen LogP contribution < -0.4 is 5.73 Å². The van der Waals surface area contributed by atoms with Crippen molar-refractivity contribution < 1.29 is 0 Å². The van der Waals surface area contributed by atoms with E-state index in [-0.39, 0.29) is 0 Å². The van der Waals surface area contributed by atoms with Crippen molar-refractivity contribution in [2.45, 2.75) is 6.54 Å². The molecule has 0 aliphatic heterocycles. The maximum absolute atomic E-state index is 5.52. The monoisotopic (exact) mass is 252 g/mol. The zero-order valence-electron chi connectivity index (χ0n) is 7.39. The minimum absolute atomic E-state index is 0.489. The van der Waals surface area contributed by atoms with Crippen molar-refractivity contribution >= 4 is 15.9 Å². The lowest BCUT2D eigenvalue weighted by atomic mass is 10.3. The van der Waals surface area contributed by atoms with Gasteiger partial charge < -0.3 is 5.73 Å². The quantitative estimate of drug-likeness (QED) is 0.882. The lowest BCUT2D eigenvalue weighted by Gasteiger charge is -2.01. The first kappa shape index (κ1) is 9.36. The van der Waals surface area contributed by atoms with Gasteiger partial charge in [0.1, 0.15) is 0 Å². The molecule has 2 N–H and O–H groups in total. The largest absolute Gasteiger partial charge is 0.326 e. The van der Waals surface area contributed by atoms with Crippen LogP contribution in [0.3, 0.4) is 0 Å². The minimum atomic E-state index is 0.489. The minimum Gasteiger partial charge on any atom is -0.326 e. The van der Waals surface area contributed by atoms with Crippen LogP contribution in [0.1, 0.15) is 5.56 Å². The maximum Gasteiger partial charge on any atom is 0.0832 e. The molecule has 0 saturated heterocycles. The molecule has 2 rings (SSSR count). The second-order valence-electron chi connectivity index (χ2n) is 2.86. The molecule has 0 unspecified atom stereocenters. The van der Waals surface area contributed by atoms with Crippen LogP contribution in [0.2, 0.25) is 0 Å². The third-order valence-electron chi connectivity index (χ3n) is 1.83. The van der Waals surface area contributed by atoms with Crippen molar-refractivity contribution in [3.05, 3.63) is 40.9 Å². The first-order valence-corrected chi connectivity index (χ1v) is 4.93. The van der Waals surface area contributed by atoms with Gasteiger partial charge in [-0.2, -0.15) is 5.10 Å². The molecule has 0 amide bonds. The van der Waals surface area contributed by atoms with Gasteiger partial charge in [-0.3, -0.25) is 4.98 Å². The van der Waals surface area contributed by atoms with E-state index in [0.717, 1.165) is 15.7 Å². The summed E-state index contributed by atoms with van der Waals surface area (Å²) in [5.41, 5.74) is 7.43. The number of nitrogens with two attached hydrogens (primary N) is 1. The average Bonchev–Trinajstić information content (AvgIpc) is 2.65. The van der Waals surface area contributed by atoms with E-state index in [9.17, 15) is 0 Å². The van der Waals surface area contributed by atoms with Crippen molar-refractivity contribution in [3.8, 4) is 5.69 Å². The van der Waals surface area contributed by atoms with Crippen molar-refractivity contribution in [1.82, 2.24) is 14.8 Å². The van der Waals surface area contributed by atoms with Crippen LogP contribution in [0.25, 0.3) is 5.69 Å². The first-order chi connectivity index (χ1) is 6.79. The smallest absolute Gasteiger partial charge is 0.0832 e. The summed E-state index contributed by atoms with van der Waals surface area (Å²) in [6.07, 6.45) is 7.10. The molecule has 0 atom stereocenters. The van der Waals surface area contributed by atoms with Crippen LogP contribution in [-0.4, -0.2) is 14.8 Å². The Balaban J connectivity index is 2.41. The van der Waals surface area contributed by atoms with Crippen molar-refractivity contribution in [2.75, 3.05) is 0 Å². The van der Waals surface area contributed by atoms with E-state index in [1.807, 2.05) is 12.3 Å². The molecule has 14 heavy (non-hydrogen) atoms. The van der Waals surface area contributed by atoms with Gasteiger partial charge in [0.15, 0.2) is 0 Å². The Kier molecular flexibility index (Phi) is 2.60. The highest BCUT2D eigenvalue weighted by atomic mass is 79.9. The number of rotatable bonds is 2. The van der Waals surface area contributed by atoms with Crippen LogP contribution >= 0.6 is 15.9 Å². The van der Waals surface area contributed by atoms with Crippen LogP contribution in [0.5, 0.6) is 0 Å². The Morgan fingerprint density at radius 2 is 2.21 bits per heavy atom. The highest BCUT2D eigenvalue weighted by Crippen LogP contribution is 2.12. The Morgan fingerprint density at radius 1 is 1.36 bits per heavy atom. The first-order valence-electron chi connectivity index (χ1n) is 4.14. The van der Waals surface area contributed by atoms with E-state index in [2.05, 4.69) is 26.0 Å². The van der Waals surface area contributed by atoms with E-state index >= 15 is 0 Å². The Bertz CT molecular complexity index is 438. The SMILES string of the molecule is NCc1cncc(-n2cc(Br)cn2)c1. The molecule has 0 aliphatic carbocycles. The second kappa shape index (κ2) is 3.89. The van der Waals surface area contributed by atoms with Gasteiger partial charge in [0.2, 0.25) is 0 Å². The molecule has 4 nitrogen and oxygen atoms in total. The van der Waals surface area contributed by atoms with Gasteiger partial charge in [0.25, 0.3) is 0 Å². The fourth-order valence-corrected chi connectivity index (χ4v) is 1.44. The predicted molar refractivity (Wildman–Crippen MR) is 57.0 cm³/mol. The standard InChI is InChI=1S/C9H9BrN4/c10-8-4-13-14(6-8)9-1-7(2-11)3-12-5-9/h1,3-6H,2,11H2. The summed E-state index contributed by atoms with van der Waals surface area (Å²) in [5.74, 6) is 0. The molecule has 0 bridgehead atoms. The Morgan fingerprint density at radius 3 is 2.86 bits per heavy atom. The van der Waals surface area contributed by atoms with Gasteiger partial charge in [-0.25, -0.2) is 4.68 Å². The highest BCUT2D eigenvalue weighted by molar-refractivity contribution is 9.10. The van der Waals surface area contributed by atoms with Crippen LogP contribution in [0.15, 0.2) is 35.3 Å². The average molecular weight is 253 g/mol. The normalized spacial score (nSPS) is 10.4. The lowest BCUT2D eigenvalue weighted by Crippen LogP contribution is -2.00. The fraction of sp³-hybridized carbons (Fsp3) is 0.111. The predicted octanol–water partition coefficient (Wildman–Crippen LogP) is 1.49. The van der Waals surface area contributed by atoms with E-state index in [4.69, 9.17) is 5.73 Å². The number of hydrogen-bond acceptors (Lipinski definition) is 3. The molecule has 2 heterocycles. The Hall–Kier alpha value is -1.20. The molecule has 2 aromatic heterocycles. The summed E-state index contributed by atoms with van der Waals surface area (Å²) in [4.78, 5) is 4.08. The van der Waals surface area contributed by atoms with Gasteiger partial charge in [0, 0.05) is 18.9 Å². The molecule has 0 saturated carbocycles. The van der Waals surface area contributed by atoms with E-state index < -0.39 is 0 Å². The fourth-order valence-electron chi connectivity index (χ4n) is 1.15. The number of nitrogens with zero attached hydrogens (tertiary/aromatic N) is 3. The summed E-state index contributed by atoms with van der Waals surface area (Å²) in [6, 6.07) is 1.96. The third kappa shape index (κ3) is 1.83. The summed E-state index contributed by atoms with van der Waals surface area (Å²) < 4.78 is 2.69. The second-order valence-corrected chi connectivity index (χ2v) is 3.77. The van der Waals surface area contributed by atoms with E-state index in [1.165, 1.54) is 0 Å². The topological polar surface area (TPSA) is 56.7 Å². The summed E-state index contributed by atoms with van der Waals surface area (Å²) in [7, 11) is 0. The summed E-state index contributed by atoms with van der Waals surface area (Å²) >= 11 is 3.34. The van der Waals surface area contributed by atoms with Crippen LogP contribution in [0, 0.1) is 0 Å². The highest BCUT2D eigenvalue weighted by Gasteiger charge is 1.99. The molecule has 0 spiro atoms. The molecule has 0 radical (unpaired) electrons. The molecule has 5 heteroatoms. The van der Waals surface area contributed by atoms with Gasteiger partial charge in [0.05, 0.1) is 22.6 Å². The van der Waals surface area contributed by atoms with Crippen molar-refractivity contribution in [1.29, 1.82) is 0 Å². The molecule has 72 valence electrons. The molecular formula is C9H9BrN4. The number of halogens is 1. The van der Waals surface area contributed by atoms with Gasteiger partial charge >= 0.3 is 0 Å². The van der Waals surface area contributed by atoms with Crippen LogP contribution in [0.4, 0.5) is 0 Å².